The second kappa shape index (κ2) is 7.28. The zero-order valence-electron chi connectivity index (χ0n) is 12.9. The monoisotopic (exact) mass is 324 g/mol. The molecule has 7 heteroatoms. The molecule has 1 amide bonds. The van der Waals surface area contributed by atoms with E-state index in [1.807, 2.05) is 12.1 Å². The number of nitrogens with zero attached hydrogens (tertiary/aromatic N) is 2. The number of benzene rings is 1. The molecular formula is C17H16N4O3. The van der Waals surface area contributed by atoms with Crippen LogP contribution >= 0.6 is 0 Å². The van der Waals surface area contributed by atoms with Gasteiger partial charge in [0.15, 0.2) is 5.76 Å². The minimum absolute atomic E-state index is 0.181. The molecule has 0 aliphatic heterocycles. The zero-order valence-corrected chi connectivity index (χ0v) is 12.9. The van der Waals surface area contributed by atoms with E-state index in [9.17, 15) is 4.79 Å². The number of aromatic nitrogens is 2. The number of nitrogens with one attached hydrogen (secondary N) is 2. The van der Waals surface area contributed by atoms with Crippen molar-refractivity contribution < 1.29 is 13.7 Å². The third-order valence-electron chi connectivity index (χ3n) is 3.22. The van der Waals surface area contributed by atoms with E-state index in [1.54, 1.807) is 36.6 Å². The molecule has 0 aliphatic carbocycles. The van der Waals surface area contributed by atoms with E-state index in [2.05, 4.69) is 27.4 Å². The van der Waals surface area contributed by atoms with Gasteiger partial charge in [-0.1, -0.05) is 23.4 Å². The van der Waals surface area contributed by atoms with Crippen molar-refractivity contribution in [2.45, 2.75) is 6.54 Å². The van der Waals surface area contributed by atoms with Crippen molar-refractivity contribution in [2.24, 2.45) is 0 Å². The maximum absolute atomic E-state index is 12.1. The SMILES string of the molecule is C=CCNC(=O)c1ccccc1NCc1nc(-c2ccco2)no1. The van der Waals surface area contributed by atoms with E-state index >= 15 is 0 Å². The van der Waals surface area contributed by atoms with Gasteiger partial charge in [0, 0.05) is 12.2 Å². The predicted octanol–water partition coefficient (Wildman–Crippen LogP) is 2.86. The van der Waals surface area contributed by atoms with Crippen molar-refractivity contribution in [3.63, 3.8) is 0 Å². The third kappa shape index (κ3) is 3.52. The smallest absolute Gasteiger partial charge is 0.253 e. The molecule has 122 valence electrons. The van der Waals surface area contributed by atoms with Gasteiger partial charge in [-0.15, -0.1) is 6.58 Å². The van der Waals surface area contributed by atoms with E-state index in [0.29, 0.717) is 41.8 Å². The summed E-state index contributed by atoms with van der Waals surface area (Å²) in [6.07, 6.45) is 3.17. The van der Waals surface area contributed by atoms with Crippen LogP contribution in [0.2, 0.25) is 0 Å². The van der Waals surface area contributed by atoms with E-state index in [0.717, 1.165) is 0 Å². The highest BCUT2D eigenvalue weighted by atomic mass is 16.5. The molecule has 0 fully saturated rings. The van der Waals surface area contributed by atoms with Crippen LogP contribution in [0.5, 0.6) is 0 Å². The van der Waals surface area contributed by atoms with E-state index in [1.165, 1.54) is 0 Å². The summed E-state index contributed by atoms with van der Waals surface area (Å²) in [4.78, 5) is 16.4. The van der Waals surface area contributed by atoms with Gasteiger partial charge in [-0.25, -0.2) is 0 Å². The second-order valence-corrected chi connectivity index (χ2v) is 4.89. The van der Waals surface area contributed by atoms with Gasteiger partial charge < -0.3 is 19.6 Å². The summed E-state index contributed by atoms with van der Waals surface area (Å²) in [6, 6.07) is 10.7. The first-order chi connectivity index (χ1) is 11.8. The zero-order chi connectivity index (χ0) is 16.8. The van der Waals surface area contributed by atoms with Crippen LogP contribution in [0.1, 0.15) is 16.2 Å². The molecular weight excluding hydrogens is 308 g/mol. The largest absolute Gasteiger partial charge is 0.461 e. The van der Waals surface area contributed by atoms with Crippen LogP contribution in [0.3, 0.4) is 0 Å². The highest BCUT2D eigenvalue weighted by Crippen LogP contribution is 2.18. The van der Waals surface area contributed by atoms with Crippen molar-refractivity contribution in [1.82, 2.24) is 15.5 Å². The molecule has 7 nitrogen and oxygen atoms in total. The van der Waals surface area contributed by atoms with E-state index in [4.69, 9.17) is 8.94 Å². The summed E-state index contributed by atoms with van der Waals surface area (Å²) in [6.45, 7) is 4.28. The molecule has 24 heavy (non-hydrogen) atoms. The van der Waals surface area contributed by atoms with Crippen molar-refractivity contribution in [3.8, 4) is 11.6 Å². The Labute approximate surface area is 138 Å². The van der Waals surface area contributed by atoms with Gasteiger partial charge >= 0.3 is 0 Å². The third-order valence-corrected chi connectivity index (χ3v) is 3.22. The highest BCUT2D eigenvalue weighted by Gasteiger charge is 2.13. The molecule has 2 aromatic heterocycles. The molecule has 1 aromatic carbocycles. The van der Waals surface area contributed by atoms with Crippen LogP contribution in [0.25, 0.3) is 11.6 Å². The minimum atomic E-state index is -0.181. The van der Waals surface area contributed by atoms with Crippen molar-refractivity contribution in [2.75, 3.05) is 11.9 Å². The Morgan fingerprint density at radius 1 is 1.25 bits per heavy atom. The Morgan fingerprint density at radius 2 is 2.12 bits per heavy atom. The van der Waals surface area contributed by atoms with Gasteiger partial charge in [-0.2, -0.15) is 4.98 Å². The molecule has 2 heterocycles. The van der Waals surface area contributed by atoms with Gasteiger partial charge in [-0.3, -0.25) is 4.79 Å². The summed E-state index contributed by atoms with van der Waals surface area (Å²) >= 11 is 0. The summed E-state index contributed by atoms with van der Waals surface area (Å²) in [5, 5.41) is 9.74. The van der Waals surface area contributed by atoms with Gasteiger partial charge in [0.05, 0.1) is 18.4 Å². The fraction of sp³-hybridized carbons (Fsp3) is 0.118. The number of hydrogen-bond acceptors (Lipinski definition) is 6. The number of carbonyl (C=O) groups is 1. The first-order valence-electron chi connectivity index (χ1n) is 7.36. The number of para-hydroxylation sites is 1. The molecule has 0 unspecified atom stereocenters. The highest BCUT2D eigenvalue weighted by molar-refractivity contribution is 5.99. The van der Waals surface area contributed by atoms with Crippen molar-refractivity contribution in [3.05, 3.63) is 66.8 Å². The van der Waals surface area contributed by atoms with Crippen molar-refractivity contribution in [1.29, 1.82) is 0 Å². The van der Waals surface area contributed by atoms with Crippen LogP contribution in [0.15, 0.2) is 64.3 Å². The fourth-order valence-electron chi connectivity index (χ4n) is 2.10. The molecule has 0 bridgehead atoms. The van der Waals surface area contributed by atoms with Crippen LogP contribution < -0.4 is 10.6 Å². The normalized spacial score (nSPS) is 10.3. The summed E-state index contributed by atoms with van der Waals surface area (Å²) in [5.74, 6) is 1.13. The van der Waals surface area contributed by atoms with Gasteiger partial charge in [-0.05, 0) is 24.3 Å². The summed E-state index contributed by atoms with van der Waals surface area (Å²) < 4.78 is 10.4. The Morgan fingerprint density at radius 3 is 2.92 bits per heavy atom. The van der Waals surface area contributed by atoms with Crippen LogP contribution in [-0.4, -0.2) is 22.6 Å². The number of hydrogen-bond donors (Lipinski definition) is 2. The lowest BCUT2D eigenvalue weighted by molar-refractivity contribution is 0.0958. The Hall–Kier alpha value is -3.35. The number of furan rings is 1. The maximum Gasteiger partial charge on any atom is 0.253 e. The molecule has 3 aromatic rings. The Bertz CT molecular complexity index is 824. The van der Waals surface area contributed by atoms with Crippen molar-refractivity contribution >= 4 is 11.6 Å². The molecule has 0 atom stereocenters. The number of rotatable bonds is 7. The molecule has 0 aliphatic rings. The molecule has 0 saturated heterocycles. The minimum Gasteiger partial charge on any atom is -0.461 e. The first kappa shape index (κ1) is 15.5. The average molecular weight is 324 g/mol. The Kier molecular flexibility index (Phi) is 4.71. The quantitative estimate of drug-likeness (QED) is 0.649. The van der Waals surface area contributed by atoms with Gasteiger partial charge in [0.1, 0.15) is 0 Å². The van der Waals surface area contributed by atoms with Crippen LogP contribution in [0.4, 0.5) is 5.69 Å². The number of anilines is 1. The summed E-state index contributed by atoms with van der Waals surface area (Å²) in [5.41, 5.74) is 1.21. The lowest BCUT2D eigenvalue weighted by atomic mass is 10.1. The van der Waals surface area contributed by atoms with E-state index in [-0.39, 0.29) is 5.91 Å². The second-order valence-electron chi connectivity index (χ2n) is 4.89. The van der Waals surface area contributed by atoms with Crippen LogP contribution in [-0.2, 0) is 6.54 Å². The van der Waals surface area contributed by atoms with Gasteiger partial charge in [0.25, 0.3) is 5.91 Å². The molecule has 0 spiro atoms. The molecule has 2 N–H and O–H groups in total. The number of carbonyl (C=O) groups excluding carboxylic acids is 1. The number of amides is 1. The van der Waals surface area contributed by atoms with Crippen LogP contribution in [0, 0.1) is 0 Å². The Balaban J connectivity index is 1.69. The van der Waals surface area contributed by atoms with E-state index < -0.39 is 0 Å². The predicted molar refractivity (Wildman–Crippen MR) is 88.3 cm³/mol. The molecule has 0 saturated carbocycles. The standard InChI is InChI=1S/C17H16N4O3/c1-2-9-18-17(22)12-6-3-4-7-13(12)19-11-15-20-16(21-24-15)14-8-5-10-23-14/h2-8,10,19H,1,9,11H2,(H,18,22). The lowest BCUT2D eigenvalue weighted by Gasteiger charge is -2.10. The lowest BCUT2D eigenvalue weighted by Crippen LogP contribution is -2.24. The average Bonchev–Trinajstić information content (AvgIpc) is 3.29. The summed E-state index contributed by atoms with van der Waals surface area (Å²) in [7, 11) is 0. The van der Waals surface area contributed by atoms with Gasteiger partial charge in [0.2, 0.25) is 11.7 Å². The molecule has 0 radical (unpaired) electrons. The fourth-order valence-corrected chi connectivity index (χ4v) is 2.10. The maximum atomic E-state index is 12.1. The molecule has 3 rings (SSSR count). The topological polar surface area (TPSA) is 93.2 Å². The first-order valence-corrected chi connectivity index (χ1v) is 7.36.